The molecular weight excluding hydrogens is 262 g/mol. The van der Waals surface area contributed by atoms with Gasteiger partial charge in [-0.15, -0.1) is 0 Å². The number of rotatable bonds is 6. The summed E-state index contributed by atoms with van der Waals surface area (Å²) in [5.74, 6) is 0.663. The van der Waals surface area contributed by atoms with Crippen LogP contribution < -0.4 is 5.32 Å². The third-order valence-corrected chi connectivity index (χ3v) is 4.41. The maximum absolute atomic E-state index is 6.00. The first-order valence-electron chi connectivity index (χ1n) is 8.02. The van der Waals surface area contributed by atoms with E-state index in [1.165, 1.54) is 22.3 Å². The third kappa shape index (κ3) is 4.53. The number of hydrogen-bond acceptors (Lipinski definition) is 3. The molecule has 1 fully saturated rings. The van der Waals surface area contributed by atoms with Gasteiger partial charge in [-0.25, -0.2) is 0 Å². The van der Waals surface area contributed by atoms with Gasteiger partial charge in [0.2, 0.25) is 0 Å². The second-order valence-electron chi connectivity index (χ2n) is 6.25. The molecule has 3 heteroatoms. The van der Waals surface area contributed by atoms with Gasteiger partial charge in [0, 0.05) is 19.8 Å². The molecule has 0 bridgehead atoms. The lowest BCUT2D eigenvalue weighted by Gasteiger charge is -2.25. The summed E-state index contributed by atoms with van der Waals surface area (Å²) in [5, 5.41) is 3.41. The lowest BCUT2D eigenvalue weighted by molar-refractivity contribution is 0.0155. The van der Waals surface area contributed by atoms with E-state index in [9.17, 15) is 0 Å². The summed E-state index contributed by atoms with van der Waals surface area (Å²) in [6.07, 6.45) is 2.26. The summed E-state index contributed by atoms with van der Waals surface area (Å²) in [5.41, 5.74) is 5.41. The first-order valence-corrected chi connectivity index (χ1v) is 8.02. The van der Waals surface area contributed by atoms with E-state index in [0.717, 1.165) is 39.3 Å². The van der Waals surface area contributed by atoms with Crippen molar-refractivity contribution in [3.63, 3.8) is 0 Å². The van der Waals surface area contributed by atoms with Crippen LogP contribution in [0.4, 0.5) is 0 Å². The van der Waals surface area contributed by atoms with Crippen LogP contribution in [0.2, 0.25) is 0 Å². The molecule has 0 aliphatic carbocycles. The maximum Gasteiger partial charge on any atom is 0.0661 e. The Morgan fingerprint density at radius 1 is 1.19 bits per heavy atom. The van der Waals surface area contributed by atoms with E-state index in [1.54, 1.807) is 0 Å². The zero-order valence-corrected chi connectivity index (χ0v) is 13.9. The average Bonchev–Trinajstić information content (AvgIpc) is 2.45. The Balaban J connectivity index is 1.93. The zero-order valence-electron chi connectivity index (χ0n) is 13.9. The van der Waals surface area contributed by atoms with Gasteiger partial charge in [0.05, 0.1) is 12.6 Å². The van der Waals surface area contributed by atoms with Crippen LogP contribution in [-0.2, 0) is 9.47 Å². The van der Waals surface area contributed by atoms with E-state index in [2.05, 4.69) is 38.2 Å². The number of nitrogens with one attached hydrogen (secondary N) is 1. The highest BCUT2D eigenvalue weighted by Crippen LogP contribution is 2.24. The number of hydrogen-bond donors (Lipinski definition) is 1. The lowest BCUT2D eigenvalue weighted by atomic mass is 9.94. The molecule has 1 aliphatic rings. The molecule has 1 saturated heterocycles. The number of likely N-dealkylation sites (N-methyl/N-ethyl adjacent to an activating group) is 1. The fraction of sp³-hybridized carbons (Fsp3) is 0.667. The molecule has 1 heterocycles. The summed E-state index contributed by atoms with van der Waals surface area (Å²) >= 11 is 0. The van der Waals surface area contributed by atoms with Crippen molar-refractivity contribution in [2.75, 3.05) is 33.5 Å². The van der Waals surface area contributed by atoms with Crippen LogP contribution in [0, 0.1) is 26.7 Å². The van der Waals surface area contributed by atoms with Crippen molar-refractivity contribution in [1.29, 1.82) is 0 Å². The van der Waals surface area contributed by atoms with Crippen molar-refractivity contribution in [2.45, 2.75) is 39.7 Å². The molecule has 3 nitrogen and oxygen atoms in total. The van der Waals surface area contributed by atoms with Gasteiger partial charge in [-0.2, -0.15) is 0 Å². The average molecular weight is 291 g/mol. The molecule has 118 valence electrons. The summed E-state index contributed by atoms with van der Waals surface area (Å²) < 4.78 is 11.4. The molecule has 1 aliphatic heterocycles. The number of ether oxygens (including phenoxy) is 2. The van der Waals surface area contributed by atoms with Crippen molar-refractivity contribution < 1.29 is 9.47 Å². The van der Waals surface area contributed by atoms with Crippen molar-refractivity contribution in [3.8, 4) is 0 Å². The Kier molecular flexibility index (Phi) is 6.22. The Labute approximate surface area is 129 Å². The highest BCUT2D eigenvalue weighted by atomic mass is 16.5. The van der Waals surface area contributed by atoms with Crippen molar-refractivity contribution in [3.05, 3.63) is 34.4 Å². The predicted octanol–water partition coefficient (Wildman–Crippen LogP) is 3.32. The quantitative estimate of drug-likeness (QED) is 0.872. The van der Waals surface area contributed by atoms with Crippen LogP contribution in [0.25, 0.3) is 0 Å². The second-order valence-corrected chi connectivity index (χ2v) is 6.25. The lowest BCUT2D eigenvalue weighted by Crippen LogP contribution is -2.26. The molecule has 0 spiro atoms. The fourth-order valence-electron chi connectivity index (χ4n) is 3.32. The Hall–Kier alpha value is -0.900. The van der Waals surface area contributed by atoms with E-state index in [0.29, 0.717) is 5.92 Å². The molecular formula is C18H29NO2. The maximum atomic E-state index is 6.00. The fourth-order valence-corrected chi connectivity index (χ4v) is 3.32. The van der Waals surface area contributed by atoms with Crippen LogP contribution in [0.3, 0.4) is 0 Å². The molecule has 1 atom stereocenters. The monoisotopic (exact) mass is 291 g/mol. The van der Waals surface area contributed by atoms with Gasteiger partial charge < -0.3 is 14.8 Å². The number of benzene rings is 1. The first kappa shape index (κ1) is 16.5. The van der Waals surface area contributed by atoms with Crippen LogP contribution >= 0.6 is 0 Å². The summed E-state index contributed by atoms with van der Waals surface area (Å²) in [7, 11) is 2.02. The Morgan fingerprint density at radius 3 is 2.38 bits per heavy atom. The molecule has 1 N–H and O–H groups in total. The van der Waals surface area contributed by atoms with Gasteiger partial charge in [0.15, 0.2) is 0 Å². The van der Waals surface area contributed by atoms with E-state index < -0.39 is 0 Å². The SMILES string of the molecule is CNC(COCC1CCOCC1)c1c(C)cc(C)cc1C. The minimum absolute atomic E-state index is 0.269. The van der Waals surface area contributed by atoms with Crippen LogP contribution in [0.5, 0.6) is 0 Å². The summed E-state index contributed by atoms with van der Waals surface area (Å²) in [6.45, 7) is 9.90. The van der Waals surface area contributed by atoms with E-state index in [-0.39, 0.29) is 6.04 Å². The smallest absolute Gasteiger partial charge is 0.0661 e. The minimum Gasteiger partial charge on any atom is -0.381 e. The zero-order chi connectivity index (χ0) is 15.2. The minimum atomic E-state index is 0.269. The molecule has 1 aromatic rings. The van der Waals surface area contributed by atoms with Gasteiger partial charge in [-0.3, -0.25) is 0 Å². The standard InChI is InChI=1S/C18H29NO2/c1-13-9-14(2)18(15(3)10-13)17(19-4)12-21-11-16-5-7-20-8-6-16/h9-10,16-17,19H,5-8,11-12H2,1-4H3. The van der Waals surface area contributed by atoms with Gasteiger partial charge in [0.25, 0.3) is 0 Å². The number of aryl methyl sites for hydroxylation is 3. The molecule has 0 aromatic heterocycles. The molecule has 21 heavy (non-hydrogen) atoms. The molecule has 0 saturated carbocycles. The Bertz CT molecular complexity index is 430. The van der Waals surface area contributed by atoms with E-state index >= 15 is 0 Å². The van der Waals surface area contributed by atoms with Crippen molar-refractivity contribution in [1.82, 2.24) is 5.32 Å². The van der Waals surface area contributed by atoms with Gasteiger partial charge >= 0.3 is 0 Å². The Morgan fingerprint density at radius 2 is 1.81 bits per heavy atom. The van der Waals surface area contributed by atoms with Crippen LogP contribution in [0.1, 0.15) is 41.1 Å². The van der Waals surface area contributed by atoms with Crippen molar-refractivity contribution >= 4 is 0 Å². The molecule has 1 aromatic carbocycles. The molecule has 2 rings (SSSR count). The molecule has 1 unspecified atom stereocenters. The van der Waals surface area contributed by atoms with Crippen LogP contribution in [-0.4, -0.2) is 33.5 Å². The largest absolute Gasteiger partial charge is 0.381 e. The van der Waals surface area contributed by atoms with Gasteiger partial charge in [-0.1, -0.05) is 17.7 Å². The summed E-state index contributed by atoms with van der Waals surface area (Å²) in [4.78, 5) is 0. The highest BCUT2D eigenvalue weighted by Gasteiger charge is 2.18. The third-order valence-electron chi connectivity index (χ3n) is 4.41. The van der Waals surface area contributed by atoms with Gasteiger partial charge in [-0.05, 0) is 63.3 Å². The highest BCUT2D eigenvalue weighted by molar-refractivity contribution is 5.39. The second kappa shape index (κ2) is 7.92. The topological polar surface area (TPSA) is 30.5 Å². The molecule has 0 radical (unpaired) electrons. The summed E-state index contributed by atoms with van der Waals surface area (Å²) in [6, 6.07) is 4.78. The van der Waals surface area contributed by atoms with E-state index in [4.69, 9.17) is 9.47 Å². The first-order chi connectivity index (χ1) is 10.1. The van der Waals surface area contributed by atoms with Crippen molar-refractivity contribution in [2.24, 2.45) is 5.92 Å². The van der Waals surface area contributed by atoms with Crippen LogP contribution in [0.15, 0.2) is 12.1 Å². The predicted molar refractivity (Wildman–Crippen MR) is 86.8 cm³/mol. The normalized spacial score (nSPS) is 17.9. The van der Waals surface area contributed by atoms with Gasteiger partial charge in [0.1, 0.15) is 0 Å². The van der Waals surface area contributed by atoms with E-state index in [1.807, 2.05) is 7.05 Å². The molecule has 0 amide bonds.